The largest absolute Gasteiger partial charge is 0.416 e. The Hall–Kier alpha value is -3.10. The van der Waals surface area contributed by atoms with E-state index in [4.69, 9.17) is 0 Å². The van der Waals surface area contributed by atoms with Crippen LogP contribution in [-0.4, -0.2) is 42.3 Å². The van der Waals surface area contributed by atoms with E-state index in [1.54, 1.807) is 18.3 Å². The number of rotatable bonds is 6. The number of benzene rings is 1. The predicted molar refractivity (Wildman–Crippen MR) is 105 cm³/mol. The van der Waals surface area contributed by atoms with Crippen molar-refractivity contribution in [2.24, 2.45) is 5.92 Å². The molecule has 1 saturated heterocycles. The molecule has 3 rings (SSSR count). The van der Waals surface area contributed by atoms with Gasteiger partial charge in [-0.25, -0.2) is 4.98 Å². The van der Waals surface area contributed by atoms with E-state index in [9.17, 15) is 22.8 Å². The lowest BCUT2D eigenvalue weighted by Crippen LogP contribution is -2.32. The third-order valence-electron chi connectivity index (χ3n) is 4.95. The number of amides is 2. The molecule has 1 aliphatic heterocycles. The lowest BCUT2D eigenvalue weighted by Gasteiger charge is -2.18. The third kappa shape index (κ3) is 5.28. The molecular formula is C21H23F3N4O2. The molecule has 0 spiro atoms. The third-order valence-corrected chi connectivity index (χ3v) is 4.95. The summed E-state index contributed by atoms with van der Waals surface area (Å²) in [5.74, 6) is -0.256. The number of aromatic nitrogens is 1. The summed E-state index contributed by atoms with van der Waals surface area (Å²) in [6, 6.07) is 8.55. The normalized spacial score (nSPS) is 16.6. The summed E-state index contributed by atoms with van der Waals surface area (Å²) < 4.78 is 38.6. The van der Waals surface area contributed by atoms with Crippen molar-refractivity contribution in [3.05, 3.63) is 59.3 Å². The highest BCUT2D eigenvalue weighted by Gasteiger charge is 2.35. The van der Waals surface area contributed by atoms with Crippen molar-refractivity contribution < 1.29 is 22.8 Å². The molecule has 0 saturated carbocycles. The van der Waals surface area contributed by atoms with Crippen LogP contribution in [0.25, 0.3) is 0 Å². The molecule has 1 aromatic carbocycles. The van der Waals surface area contributed by atoms with E-state index in [0.29, 0.717) is 12.1 Å². The minimum Gasteiger partial charge on any atom is -0.363 e. The average molecular weight is 420 g/mol. The summed E-state index contributed by atoms with van der Waals surface area (Å²) in [5, 5.41) is 2.83. The van der Waals surface area contributed by atoms with Crippen LogP contribution in [0.3, 0.4) is 0 Å². The van der Waals surface area contributed by atoms with Gasteiger partial charge in [0, 0.05) is 46.3 Å². The quantitative estimate of drug-likeness (QED) is 0.781. The van der Waals surface area contributed by atoms with Crippen molar-refractivity contribution in [3.63, 3.8) is 0 Å². The standard InChI is InChI=1S/C21H23F3N4O2/c1-27(2)18-9-14(6-7-25-18)11-26-20(30)16-10-19(29)28(13-16)12-15-4-3-5-17(8-15)21(22,23)24/h3-9,16H,10-13H2,1-2H3,(H,26,30)/t16-/m0/s1. The Morgan fingerprint density at radius 3 is 2.70 bits per heavy atom. The highest BCUT2D eigenvalue weighted by molar-refractivity contribution is 5.89. The molecule has 1 fully saturated rings. The summed E-state index contributed by atoms with van der Waals surface area (Å²) in [6.45, 7) is 0.532. The Kier molecular flexibility index (Phi) is 6.28. The van der Waals surface area contributed by atoms with Crippen LogP contribution in [0, 0.1) is 5.92 Å². The number of alkyl halides is 3. The van der Waals surface area contributed by atoms with Crippen molar-refractivity contribution in [3.8, 4) is 0 Å². The maximum Gasteiger partial charge on any atom is 0.416 e. The van der Waals surface area contributed by atoms with E-state index in [0.717, 1.165) is 23.5 Å². The van der Waals surface area contributed by atoms with E-state index >= 15 is 0 Å². The first-order valence-corrected chi connectivity index (χ1v) is 9.47. The molecule has 0 unspecified atom stereocenters. The molecule has 2 amide bonds. The summed E-state index contributed by atoms with van der Waals surface area (Å²) in [7, 11) is 3.74. The van der Waals surface area contributed by atoms with Gasteiger partial charge < -0.3 is 15.1 Å². The maximum atomic E-state index is 12.9. The zero-order valence-corrected chi connectivity index (χ0v) is 16.7. The average Bonchev–Trinajstić information content (AvgIpc) is 3.06. The number of likely N-dealkylation sites (tertiary alicyclic amines) is 1. The Balaban J connectivity index is 1.57. The monoisotopic (exact) mass is 420 g/mol. The number of pyridine rings is 1. The van der Waals surface area contributed by atoms with Crippen LogP contribution in [-0.2, 0) is 28.9 Å². The molecule has 2 heterocycles. The van der Waals surface area contributed by atoms with E-state index in [1.165, 1.54) is 11.0 Å². The van der Waals surface area contributed by atoms with Gasteiger partial charge in [-0.3, -0.25) is 9.59 Å². The fraction of sp³-hybridized carbons (Fsp3) is 0.381. The number of nitrogens with one attached hydrogen (secondary N) is 1. The van der Waals surface area contributed by atoms with Crippen molar-refractivity contribution in [2.75, 3.05) is 25.5 Å². The second-order valence-corrected chi connectivity index (χ2v) is 7.51. The van der Waals surface area contributed by atoms with Gasteiger partial charge in [0.25, 0.3) is 0 Å². The van der Waals surface area contributed by atoms with Gasteiger partial charge in [0.05, 0.1) is 11.5 Å². The lowest BCUT2D eigenvalue weighted by atomic mass is 10.1. The Morgan fingerprint density at radius 1 is 1.23 bits per heavy atom. The molecule has 1 N–H and O–H groups in total. The minimum atomic E-state index is -4.44. The first-order valence-electron chi connectivity index (χ1n) is 9.47. The van der Waals surface area contributed by atoms with E-state index in [-0.39, 0.29) is 31.3 Å². The van der Waals surface area contributed by atoms with Gasteiger partial charge in [-0.15, -0.1) is 0 Å². The van der Waals surface area contributed by atoms with Crippen molar-refractivity contribution in [2.45, 2.75) is 25.7 Å². The molecule has 0 bridgehead atoms. The molecule has 160 valence electrons. The van der Waals surface area contributed by atoms with Gasteiger partial charge in [0.1, 0.15) is 5.82 Å². The Morgan fingerprint density at radius 2 is 2.00 bits per heavy atom. The zero-order chi connectivity index (χ0) is 21.9. The van der Waals surface area contributed by atoms with Crippen molar-refractivity contribution in [1.29, 1.82) is 0 Å². The number of anilines is 1. The second kappa shape index (κ2) is 8.73. The topological polar surface area (TPSA) is 65.5 Å². The number of nitrogens with zero attached hydrogens (tertiary/aromatic N) is 3. The Bertz CT molecular complexity index is 930. The number of hydrogen-bond donors (Lipinski definition) is 1. The molecule has 1 aliphatic rings. The van der Waals surface area contributed by atoms with Gasteiger partial charge in [0.2, 0.25) is 11.8 Å². The molecule has 1 atom stereocenters. The van der Waals surface area contributed by atoms with Gasteiger partial charge in [0.15, 0.2) is 0 Å². The Labute approximate surface area is 172 Å². The van der Waals surface area contributed by atoms with Crippen LogP contribution in [0.4, 0.5) is 19.0 Å². The van der Waals surface area contributed by atoms with Crippen LogP contribution in [0.5, 0.6) is 0 Å². The van der Waals surface area contributed by atoms with E-state index < -0.39 is 17.7 Å². The van der Waals surface area contributed by atoms with Gasteiger partial charge in [-0.1, -0.05) is 12.1 Å². The number of halogens is 3. The first-order chi connectivity index (χ1) is 14.1. The molecule has 2 aromatic rings. The van der Waals surface area contributed by atoms with Crippen LogP contribution < -0.4 is 10.2 Å². The van der Waals surface area contributed by atoms with Crippen molar-refractivity contribution in [1.82, 2.24) is 15.2 Å². The van der Waals surface area contributed by atoms with Crippen LogP contribution >= 0.6 is 0 Å². The molecular weight excluding hydrogens is 397 g/mol. The van der Waals surface area contributed by atoms with Gasteiger partial charge >= 0.3 is 6.18 Å². The first kappa shape index (κ1) is 21.6. The fourth-order valence-electron chi connectivity index (χ4n) is 3.32. The maximum absolute atomic E-state index is 12.9. The second-order valence-electron chi connectivity index (χ2n) is 7.51. The predicted octanol–water partition coefficient (Wildman–Crippen LogP) is 2.83. The molecule has 9 heteroatoms. The minimum absolute atomic E-state index is 0.0447. The molecule has 30 heavy (non-hydrogen) atoms. The SMILES string of the molecule is CN(C)c1cc(CNC(=O)[C@H]2CC(=O)N(Cc3cccc(C(F)(F)F)c3)C2)ccn1. The fourth-order valence-corrected chi connectivity index (χ4v) is 3.32. The highest BCUT2D eigenvalue weighted by Crippen LogP contribution is 2.30. The summed E-state index contributed by atoms with van der Waals surface area (Å²) in [5.41, 5.74) is 0.509. The highest BCUT2D eigenvalue weighted by atomic mass is 19.4. The summed E-state index contributed by atoms with van der Waals surface area (Å²) in [4.78, 5) is 32.3. The number of carbonyl (C=O) groups excluding carboxylic acids is 2. The van der Waals surface area contributed by atoms with Gasteiger partial charge in [-0.2, -0.15) is 13.2 Å². The lowest BCUT2D eigenvalue weighted by molar-refractivity contribution is -0.137. The number of hydrogen-bond acceptors (Lipinski definition) is 4. The number of carbonyl (C=O) groups is 2. The zero-order valence-electron chi connectivity index (χ0n) is 16.7. The molecule has 0 aliphatic carbocycles. The van der Waals surface area contributed by atoms with Crippen molar-refractivity contribution >= 4 is 17.6 Å². The summed E-state index contributed by atoms with van der Waals surface area (Å²) in [6.07, 6.45) is -2.73. The van der Waals surface area contributed by atoms with Crippen LogP contribution in [0.1, 0.15) is 23.1 Å². The molecule has 1 aromatic heterocycles. The van der Waals surface area contributed by atoms with E-state index in [1.807, 2.05) is 25.1 Å². The molecule has 0 radical (unpaired) electrons. The smallest absolute Gasteiger partial charge is 0.363 e. The summed E-state index contributed by atoms with van der Waals surface area (Å²) >= 11 is 0. The van der Waals surface area contributed by atoms with Gasteiger partial charge in [-0.05, 0) is 35.4 Å². The van der Waals surface area contributed by atoms with Crippen LogP contribution in [0.15, 0.2) is 42.6 Å². The van der Waals surface area contributed by atoms with Crippen LogP contribution in [0.2, 0.25) is 0 Å². The molecule has 6 nitrogen and oxygen atoms in total. The van der Waals surface area contributed by atoms with E-state index in [2.05, 4.69) is 10.3 Å².